The molecular weight excluding hydrogens is 196 g/mol. The first-order chi connectivity index (χ1) is 6.25. The fourth-order valence-electron chi connectivity index (χ4n) is 1.30. The van der Waals surface area contributed by atoms with Crippen molar-refractivity contribution in [2.75, 3.05) is 0 Å². The first kappa shape index (κ1) is 11.0. The maximum atomic E-state index is 13.3. The standard InChI is InChI=1S/C10H10F4/c1-5-4-8(10(12,13)14)7(3)9(11)6(5)2/h4H,1-3H3. The van der Waals surface area contributed by atoms with Crippen molar-refractivity contribution in [1.82, 2.24) is 0 Å². The zero-order valence-electron chi connectivity index (χ0n) is 8.09. The van der Waals surface area contributed by atoms with Gasteiger partial charge in [0.05, 0.1) is 5.56 Å². The van der Waals surface area contributed by atoms with Crippen LogP contribution in [0.3, 0.4) is 0 Å². The number of halogens is 4. The van der Waals surface area contributed by atoms with Crippen molar-refractivity contribution in [3.05, 3.63) is 34.1 Å². The van der Waals surface area contributed by atoms with E-state index in [0.717, 1.165) is 13.0 Å². The Morgan fingerprint density at radius 2 is 1.50 bits per heavy atom. The highest BCUT2D eigenvalue weighted by Crippen LogP contribution is 2.34. The van der Waals surface area contributed by atoms with E-state index in [4.69, 9.17) is 0 Å². The molecule has 0 aliphatic rings. The van der Waals surface area contributed by atoms with Crippen LogP contribution in [0.2, 0.25) is 0 Å². The van der Waals surface area contributed by atoms with Gasteiger partial charge in [0, 0.05) is 0 Å². The smallest absolute Gasteiger partial charge is 0.206 e. The summed E-state index contributed by atoms with van der Waals surface area (Å²) in [6, 6.07) is 0.980. The first-order valence-corrected chi connectivity index (χ1v) is 4.08. The largest absolute Gasteiger partial charge is 0.416 e. The Kier molecular flexibility index (Phi) is 2.56. The molecule has 0 spiro atoms. The van der Waals surface area contributed by atoms with E-state index in [0.29, 0.717) is 5.56 Å². The second-order valence-corrected chi connectivity index (χ2v) is 3.30. The van der Waals surface area contributed by atoms with Crippen molar-refractivity contribution in [2.24, 2.45) is 0 Å². The lowest BCUT2D eigenvalue weighted by molar-refractivity contribution is -0.138. The summed E-state index contributed by atoms with van der Waals surface area (Å²) in [6.45, 7) is 4.08. The van der Waals surface area contributed by atoms with Crippen LogP contribution >= 0.6 is 0 Å². The summed E-state index contributed by atoms with van der Waals surface area (Å²) in [5, 5.41) is 0. The van der Waals surface area contributed by atoms with Crippen LogP contribution < -0.4 is 0 Å². The first-order valence-electron chi connectivity index (χ1n) is 4.08. The highest BCUT2D eigenvalue weighted by Gasteiger charge is 2.34. The molecule has 0 aliphatic carbocycles. The van der Waals surface area contributed by atoms with Crippen molar-refractivity contribution in [3.63, 3.8) is 0 Å². The third-order valence-electron chi connectivity index (χ3n) is 2.32. The lowest BCUT2D eigenvalue weighted by Gasteiger charge is -2.14. The van der Waals surface area contributed by atoms with Gasteiger partial charge < -0.3 is 0 Å². The molecule has 4 heteroatoms. The van der Waals surface area contributed by atoms with Crippen molar-refractivity contribution in [2.45, 2.75) is 26.9 Å². The molecule has 0 saturated carbocycles. The van der Waals surface area contributed by atoms with E-state index in [1.807, 2.05) is 0 Å². The third-order valence-corrected chi connectivity index (χ3v) is 2.32. The summed E-state index contributed by atoms with van der Waals surface area (Å²) in [5.41, 5.74) is -0.630. The van der Waals surface area contributed by atoms with Gasteiger partial charge in [-0.05, 0) is 43.5 Å². The minimum Gasteiger partial charge on any atom is -0.206 e. The van der Waals surface area contributed by atoms with E-state index in [-0.39, 0.29) is 11.1 Å². The molecule has 1 aromatic carbocycles. The van der Waals surface area contributed by atoms with Crippen LogP contribution in [0.1, 0.15) is 22.3 Å². The van der Waals surface area contributed by atoms with Crippen LogP contribution in [-0.2, 0) is 6.18 Å². The van der Waals surface area contributed by atoms with Gasteiger partial charge in [0.1, 0.15) is 5.82 Å². The van der Waals surface area contributed by atoms with Gasteiger partial charge in [-0.2, -0.15) is 13.2 Å². The lowest BCUT2D eigenvalue weighted by atomic mass is 9.99. The normalized spacial score (nSPS) is 11.9. The van der Waals surface area contributed by atoms with E-state index < -0.39 is 17.6 Å². The second-order valence-electron chi connectivity index (χ2n) is 3.30. The number of hydrogen-bond donors (Lipinski definition) is 0. The van der Waals surface area contributed by atoms with Crippen LogP contribution in [-0.4, -0.2) is 0 Å². The quantitative estimate of drug-likeness (QED) is 0.567. The van der Waals surface area contributed by atoms with E-state index in [2.05, 4.69) is 0 Å². The molecule has 14 heavy (non-hydrogen) atoms. The average molecular weight is 206 g/mol. The summed E-state index contributed by atoms with van der Waals surface area (Å²) in [6.07, 6.45) is -4.48. The van der Waals surface area contributed by atoms with Gasteiger partial charge >= 0.3 is 6.18 Å². The Morgan fingerprint density at radius 1 is 1.00 bits per heavy atom. The van der Waals surface area contributed by atoms with Crippen molar-refractivity contribution in [1.29, 1.82) is 0 Å². The summed E-state index contributed by atoms with van der Waals surface area (Å²) in [5.74, 6) is -0.766. The number of alkyl halides is 3. The molecular formula is C10H10F4. The lowest BCUT2D eigenvalue weighted by Crippen LogP contribution is -2.10. The average Bonchev–Trinajstić information content (AvgIpc) is 2.06. The molecule has 0 aliphatic heterocycles. The highest BCUT2D eigenvalue weighted by molar-refractivity contribution is 5.39. The van der Waals surface area contributed by atoms with Crippen molar-refractivity contribution < 1.29 is 17.6 Å². The van der Waals surface area contributed by atoms with E-state index in [1.165, 1.54) is 13.8 Å². The Bertz CT molecular complexity index is 363. The van der Waals surface area contributed by atoms with E-state index in [1.54, 1.807) is 0 Å². The molecule has 0 saturated heterocycles. The second kappa shape index (κ2) is 3.26. The zero-order chi connectivity index (χ0) is 11.1. The Morgan fingerprint density at radius 3 is 1.93 bits per heavy atom. The molecule has 0 heterocycles. The molecule has 78 valence electrons. The van der Waals surface area contributed by atoms with Crippen LogP contribution in [0.5, 0.6) is 0 Å². The topological polar surface area (TPSA) is 0 Å². The van der Waals surface area contributed by atoms with Crippen LogP contribution in [0, 0.1) is 26.6 Å². The Balaban J connectivity index is 3.49. The molecule has 0 atom stereocenters. The number of aryl methyl sites for hydroxylation is 1. The van der Waals surface area contributed by atoms with Crippen LogP contribution in [0.15, 0.2) is 6.07 Å². The molecule has 1 aromatic rings. The maximum absolute atomic E-state index is 13.3. The monoisotopic (exact) mass is 206 g/mol. The SMILES string of the molecule is Cc1cc(C(F)(F)F)c(C)c(F)c1C. The van der Waals surface area contributed by atoms with E-state index >= 15 is 0 Å². The molecule has 0 aromatic heterocycles. The van der Waals surface area contributed by atoms with Gasteiger partial charge in [-0.25, -0.2) is 4.39 Å². The molecule has 0 radical (unpaired) electrons. The number of rotatable bonds is 0. The van der Waals surface area contributed by atoms with Gasteiger partial charge in [-0.1, -0.05) is 0 Å². The molecule has 0 N–H and O–H groups in total. The van der Waals surface area contributed by atoms with Gasteiger partial charge in [-0.3, -0.25) is 0 Å². The van der Waals surface area contributed by atoms with Crippen LogP contribution in [0.4, 0.5) is 17.6 Å². The minimum atomic E-state index is -4.48. The van der Waals surface area contributed by atoms with Gasteiger partial charge in [-0.15, -0.1) is 0 Å². The Hall–Kier alpha value is -1.06. The molecule has 0 fully saturated rings. The summed E-state index contributed by atoms with van der Waals surface area (Å²) in [7, 11) is 0. The molecule has 0 bridgehead atoms. The molecule has 1 rings (SSSR count). The highest BCUT2D eigenvalue weighted by atomic mass is 19.4. The van der Waals surface area contributed by atoms with Crippen LogP contribution in [0.25, 0.3) is 0 Å². The van der Waals surface area contributed by atoms with Crippen molar-refractivity contribution >= 4 is 0 Å². The Labute approximate surface area is 79.6 Å². The predicted molar refractivity (Wildman–Crippen MR) is 45.6 cm³/mol. The van der Waals surface area contributed by atoms with Crippen molar-refractivity contribution in [3.8, 4) is 0 Å². The predicted octanol–water partition coefficient (Wildman–Crippen LogP) is 3.77. The molecule has 0 nitrogen and oxygen atoms in total. The van der Waals surface area contributed by atoms with Gasteiger partial charge in [0.15, 0.2) is 0 Å². The molecule has 0 amide bonds. The molecule has 0 unspecified atom stereocenters. The summed E-state index contributed by atoms with van der Waals surface area (Å²) >= 11 is 0. The van der Waals surface area contributed by atoms with Gasteiger partial charge in [0.2, 0.25) is 0 Å². The maximum Gasteiger partial charge on any atom is 0.416 e. The summed E-state index contributed by atoms with van der Waals surface area (Å²) < 4.78 is 50.4. The summed E-state index contributed by atoms with van der Waals surface area (Å²) in [4.78, 5) is 0. The number of hydrogen-bond acceptors (Lipinski definition) is 0. The van der Waals surface area contributed by atoms with Gasteiger partial charge in [0.25, 0.3) is 0 Å². The minimum absolute atomic E-state index is 0.274. The fourth-order valence-corrected chi connectivity index (χ4v) is 1.30. The number of benzene rings is 1. The third kappa shape index (κ3) is 1.74. The zero-order valence-corrected chi connectivity index (χ0v) is 8.09. The fraction of sp³-hybridized carbons (Fsp3) is 0.400. The van der Waals surface area contributed by atoms with E-state index in [9.17, 15) is 17.6 Å².